The maximum absolute atomic E-state index is 5.64. The summed E-state index contributed by atoms with van der Waals surface area (Å²) in [6.45, 7) is 0. The van der Waals surface area contributed by atoms with Crippen LogP contribution in [-0.4, -0.2) is 0 Å². The first-order chi connectivity index (χ1) is 3.79. The molecule has 0 aromatic carbocycles. The minimum Gasteiger partial charge on any atom is -0.0888 e. The highest BCUT2D eigenvalue weighted by atomic mass is 127. The molecule has 43 valence electrons. The lowest BCUT2D eigenvalue weighted by Crippen LogP contribution is -1.82. The molecule has 0 aliphatic heterocycles. The van der Waals surface area contributed by atoms with E-state index in [4.69, 9.17) is 11.6 Å². The van der Waals surface area contributed by atoms with Crippen LogP contribution in [0, 0.1) is 6.42 Å². The number of allylic oxidation sites excluding steroid dienone is 4. The van der Waals surface area contributed by atoms with Gasteiger partial charge in [0.25, 0.3) is 0 Å². The summed E-state index contributed by atoms with van der Waals surface area (Å²) in [5.41, 5.74) is 0. The summed E-state index contributed by atoms with van der Waals surface area (Å²) in [7, 11) is 0. The standard InChI is InChI=1S/C6H5ClI/c7-5-1-3-6(8)4-2-5/h1-3H,4H2. The average Bonchev–Trinajstić information content (AvgIpc) is 1.77. The molecule has 0 heterocycles. The predicted octanol–water partition coefficient (Wildman–Crippen LogP) is 3.04. The van der Waals surface area contributed by atoms with Crippen molar-refractivity contribution < 1.29 is 0 Å². The smallest absolute Gasteiger partial charge is 0.0222 e. The van der Waals surface area contributed by atoms with Gasteiger partial charge >= 0.3 is 0 Å². The fourth-order valence-electron chi connectivity index (χ4n) is 0.501. The normalized spacial score (nSPS) is 19.8. The first kappa shape index (κ1) is 6.62. The quantitative estimate of drug-likeness (QED) is 0.570. The lowest BCUT2D eigenvalue weighted by Gasteiger charge is -2.01. The first-order valence-corrected chi connectivity index (χ1v) is 3.80. The lowest BCUT2D eigenvalue weighted by molar-refractivity contribution is 1.24. The van der Waals surface area contributed by atoms with Crippen molar-refractivity contribution in [1.29, 1.82) is 0 Å². The molecule has 0 nitrogen and oxygen atoms in total. The van der Waals surface area contributed by atoms with Crippen LogP contribution >= 0.6 is 34.2 Å². The Bertz CT molecular complexity index is 129. The summed E-state index contributed by atoms with van der Waals surface area (Å²) in [4.78, 5) is 0. The van der Waals surface area contributed by atoms with Gasteiger partial charge in [0, 0.05) is 11.5 Å². The summed E-state index contributed by atoms with van der Waals surface area (Å²) in [6, 6.07) is 0. The minimum atomic E-state index is 0.852. The Hall–Kier alpha value is 0.500. The summed E-state index contributed by atoms with van der Waals surface area (Å²) in [5, 5.41) is 0.852. The van der Waals surface area contributed by atoms with Gasteiger partial charge in [-0.25, -0.2) is 0 Å². The molecule has 0 fully saturated rings. The summed E-state index contributed by atoms with van der Waals surface area (Å²) < 4.78 is 1.34. The fourth-order valence-corrected chi connectivity index (χ4v) is 1.04. The Balaban J connectivity index is 2.65. The first-order valence-electron chi connectivity index (χ1n) is 2.34. The summed E-state index contributed by atoms with van der Waals surface area (Å²) in [5.74, 6) is 0. The maximum Gasteiger partial charge on any atom is 0.0222 e. The molecule has 0 aromatic rings. The molecule has 0 unspecified atom stereocenters. The van der Waals surface area contributed by atoms with Gasteiger partial charge in [0.2, 0.25) is 0 Å². The third-order valence-corrected chi connectivity index (χ3v) is 2.00. The maximum atomic E-state index is 5.64. The summed E-state index contributed by atoms with van der Waals surface area (Å²) in [6.07, 6.45) is 6.94. The highest BCUT2D eigenvalue weighted by Gasteiger charge is 1.99. The second-order valence-electron chi connectivity index (χ2n) is 1.57. The van der Waals surface area contributed by atoms with Gasteiger partial charge in [-0.05, 0) is 38.7 Å². The van der Waals surface area contributed by atoms with Gasteiger partial charge in [-0.1, -0.05) is 17.7 Å². The number of halogens is 2. The van der Waals surface area contributed by atoms with Gasteiger partial charge < -0.3 is 0 Å². The van der Waals surface area contributed by atoms with Crippen LogP contribution in [-0.2, 0) is 0 Å². The van der Waals surface area contributed by atoms with Crippen LogP contribution in [0.15, 0.2) is 20.8 Å². The molecular weight excluding hydrogens is 234 g/mol. The van der Waals surface area contributed by atoms with Crippen molar-refractivity contribution in [1.82, 2.24) is 0 Å². The van der Waals surface area contributed by atoms with Crippen LogP contribution in [0.4, 0.5) is 0 Å². The van der Waals surface area contributed by atoms with E-state index < -0.39 is 0 Å². The van der Waals surface area contributed by atoms with Crippen molar-refractivity contribution in [3.63, 3.8) is 0 Å². The van der Waals surface area contributed by atoms with Crippen molar-refractivity contribution in [2.45, 2.75) is 6.42 Å². The van der Waals surface area contributed by atoms with E-state index in [9.17, 15) is 0 Å². The zero-order chi connectivity index (χ0) is 5.98. The molecule has 0 saturated carbocycles. The van der Waals surface area contributed by atoms with Crippen LogP contribution < -0.4 is 0 Å². The van der Waals surface area contributed by atoms with Crippen molar-refractivity contribution >= 4 is 34.2 Å². The zero-order valence-electron chi connectivity index (χ0n) is 4.20. The van der Waals surface area contributed by atoms with E-state index in [1.165, 1.54) is 3.58 Å². The molecular formula is C6H5ClI. The second-order valence-corrected chi connectivity index (χ2v) is 3.40. The highest BCUT2D eigenvalue weighted by Crippen LogP contribution is 2.23. The molecule has 0 N–H and O–H groups in total. The van der Waals surface area contributed by atoms with Crippen molar-refractivity contribution in [3.8, 4) is 0 Å². The monoisotopic (exact) mass is 239 g/mol. The van der Waals surface area contributed by atoms with E-state index in [1.807, 2.05) is 18.6 Å². The Labute approximate surface area is 67.7 Å². The van der Waals surface area contributed by atoms with Gasteiger partial charge in [0.1, 0.15) is 0 Å². The Morgan fingerprint density at radius 1 is 1.50 bits per heavy atom. The zero-order valence-corrected chi connectivity index (χ0v) is 7.11. The number of hydrogen-bond acceptors (Lipinski definition) is 0. The Morgan fingerprint density at radius 3 is 2.62 bits per heavy atom. The van der Waals surface area contributed by atoms with Crippen molar-refractivity contribution in [2.24, 2.45) is 0 Å². The molecule has 0 amide bonds. The van der Waals surface area contributed by atoms with E-state index in [1.54, 1.807) is 0 Å². The number of rotatable bonds is 0. The van der Waals surface area contributed by atoms with E-state index in [2.05, 4.69) is 22.6 Å². The van der Waals surface area contributed by atoms with Gasteiger partial charge in [-0.15, -0.1) is 0 Å². The third kappa shape index (κ3) is 1.78. The summed E-state index contributed by atoms with van der Waals surface area (Å²) >= 11 is 7.93. The Morgan fingerprint density at radius 2 is 2.25 bits per heavy atom. The fraction of sp³-hybridized carbons (Fsp3) is 0.167. The van der Waals surface area contributed by atoms with Gasteiger partial charge in [-0.2, -0.15) is 0 Å². The molecule has 0 aromatic heterocycles. The Kier molecular flexibility index (Phi) is 2.38. The van der Waals surface area contributed by atoms with Crippen molar-refractivity contribution in [3.05, 3.63) is 27.2 Å². The molecule has 1 radical (unpaired) electrons. The van der Waals surface area contributed by atoms with Gasteiger partial charge in [0.05, 0.1) is 0 Å². The molecule has 0 saturated heterocycles. The SMILES string of the molecule is ClC1=CC=C(I)C[CH]1. The van der Waals surface area contributed by atoms with E-state index in [0.717, 1.165) is 11.5 Å². The molecule has 0 atom stereocenters. The second kappa shape index (κ2) is 2.87. The van der Waals surface area contributed by atoms with Crippen LogP contribution in [0.1, 0.15) is 6.42 Å². The third-order valence-electron chi connectivity index (χ3n) is 0.915. The molecule has 1 aliphatic rings. The largest absolute Gasteiger partial charge is 0.0888 e. The molecule has 2 heteroatoms. The average molecular weight is 239 g/mol. The van der Waals surface area contributed by atoms with E-state index in [0.29, 0.717) is 0 Å². The highest BCUT2D eigenvalue weighted by molar-refractivity contribution is 14.1. The van der Waals surface area contributed by atoms with Crippen LogP contribution in [0.25, 0.3) is 0 Å². The number of hydrogen-bond donors (Lipinski definition) is 0. The molecule has 0 bridgehead atoms. The molecule has 1 rings (SSSR count). The molecule has 1 aliphatic carbocycles. The van der Waals surface area contributed by atoms with E-state index >= 15 is 0 Å². The predicted molar refractivity (Wildman–Crippen MR) is 45.0 cm³/mol. The molecule has 8 heavy (non-hydrogen) atoms. The minimum absolute atomic E-state index is 0.852. The van der Waals surface area contributed by atoms with Crippen LogP contribution in [0.2, 0.25) is 0 Å². The topological polar surface area (TPSA) is 0 Å². The van der Waals surface area contributed by atoms with Crippen molar-refractivity contribution in [2.75, 3.05) is 0 Å². The molecule has 0 spiro atoms. The lowest BCUT2D eigenvalue weighted by atomic mass is 10.2. The van der Waals surface area contributed by atoms with Gasteiger partial charge in [-0.3, -0.25) is 0 Å². The van der Waals surface area contributed by atoms with Crippen LogP contribution in [0.3, 0.4) is 0 Å². The van der Waals surface area contributed by atoms with Crippen LogP contribution in [0.5, 0.6) is 0 Å². The van der Waals surface area contributed by atoms with Gasteiger partial charge in [0.15, 0.2) is 0 Å². The van der Waals surface area contributed by atoms with E-state index in [-0.39, 0.29) is 0 Å².